The Labute approximate surface area is 169 Å². The zero-order valence-electron chi connectivity index (χ0n) is 15.7. The zero-order valence-corrected chi connectivity index (χ0v) is 17.3. The first kappa shape index (κ1) is 21.9. The Bertz CT molecular complexity index is 828. The van der Waals surface area contributed by atoms with Gasteiger partial charge in [0, 0.05) is 6.92 Å². The molecule has 0 saturated carbocycles. The number of benzene rings is 1. The first-order valence-corrected chi connectivity index (χ1v) is 10.2. The fraction of sp³-hybridized carbons (Fsp3) is 0.389. The molecule has 1 aliphatic heterocycles. The minimum atomic E-state index is -2.17. The summed E-state index contributed by atoms with van der Waals surface area (Å²) >= 11 is 0. The number of hydrogen-bond acceptors (Lipinski definition) is 6. The van der Waals surface area contributed by atoms with Crippen LogP contribution < -0.4 is 10.1 Å². The molecule has 2 amide bonds. The van der Waals surface area contributed by atoms with E-state index in [0.717, 1.165) is 4.90 Å². The molecule has 28 heavy (non-hydrogen) atoms. The van der Waals surface area contributed by atoms with Crippen molar-refractivity contribution in [2.24, 2.45) is 0 Å². The molecule has 1 saturated heterocycles. The van der Waals surface area contributed by atoms with Crippen molar-refractivity contribution in [2.75, 3.05) is 7.11 Å². The van der Waals surface area contributed by atoms with Crippen LogP contribution in [0.25, 0.3) is 0 Å². The van der Waals surface area contributed by atoms with E-state index >= 15 is 0 Å². The van der Waals surface area contributed by atoms with Crippen molar-refractivity contribution in [1.29, 1.82) is 0 Å². The Balaban J connectivity index is 2.21. The second kappa shape index (κ2) is 8.74. The molecule has 0 aliphatic carbocycles. The van der Waals surface area contributed by atoms with Gasteiger partial charge in [-0.1, -0.05) is 18.7 Å². The van der Waals surface area contributed by atoms with Gasteiger partial charge in [-0.05, 0) is 40.9 Å². The number of rotatable bonds is 8. The second-order valence-electron chi connectivity index (χ2n) is 6.33. The Kier molecular flexibility index (Phi) is 6.84. The SMILES string of the molecule is C=C(C)C(C(=O)OCc1ccc(OC)cc1)N1C(=O)CC1(NC(C)=O)S(=O)Cl. The summed E-state index contributed by atoms with van der Waals surface area (Å²) in [6, 6.07) is 5.65. The van der Waals surface area contributed by atoms with Crippen molar-refractivity contribution in [1.82, 2.24) is 10.2 Å². The van der Waals surface area contributed by atoms with Crippen molar-refractivity contribution in [2.45, 2.75) is 37.9 Å². The van der Waals surface area contributed by atoms with E-state index in [4.69, 9.17) is 20.2 Å². The van der Waals surface area contributed by atoms with Crippen LogP contribution in [0.2, 0.25) is 0 Å². The maximum Gasteiger partial charge on any atom is 0.333 e. The van der Waals surface area contributed by atoms with E-state index < -0.39 is 38.8 Å². The van der Waals surface area contributed by atoms with Crippen LogP contribution in [0.1, 0.15) is 25.8 Å². The van der Waals surface area contributed by atoms with Gasteiger partial charge in [0.25, 0.3) is 0 Å². The number of hydrogen-bond donors (Lipinski definition) is 1. The third-order valence-electron chi connectivity index (χ3n) is 4.17. The van der Waals surface area contributed by atoms with Crippen LogP contribution in [-0.4, -0.2) is 45.0 Å². The highest BCUT2D eigenvalue weighted by molar-refractivity contribution is 8.09. The maximum atomic E-state index is 12.7. The van der Waals surface area contributed by atoms with Crippen LogP contribution in [-0.2, 0) is 35.7 Å². The van der Waals surface area contributed by atoms with Gasteiger partial charge in [0.05, 0.1) is 13.5 Å². The van der Waals surface area contributed by atoms with E-state index in [1.54, 1.807) is 31.4 Å². The van der Waals surface area contributed by atoms with Crippen LogP contribution >= 0.6 is 10.7 Å². The Morgan fingerprint density at radius 2 is 1.96 bits per heavy atom. The summed E-state index contributed by atoms with van der Waals surface area (Å²) in [6.07, 6.45) is -0.293. The first-order valence-electron chi connectivity index (χ1n) is 8.26. The largest absolute Gasteiger partial charge is 0.497 e. The summed E-state index contributed by atoms with van der Waals surface area (Å²) < 4.78 is 22.5. The third kappa shape index (κ3) is 4.36. The van der Waals surface area contributed by atoms with E-state index in [1.807, 2.05) is 0 Å². The monoisotopic (exact) mass is 428 g/mol. The van der Waals surface area contributed by atoms with Crippen molar-refractivity contribution in [3.63, 3.8) is 0 Å². The first-order chi connectivity index (χ1) is 13.1. The van der Waals surface area contributed by atoms with Gasteiger partial charge in [-0.2, -0.15) is 0 Å². The summed E-state index contributed by atoms with van der Waals surface area (Å²) in [5, 5.41) is 2.42. The molecule has 1 aromatic carbocycles. The van der Waals surface area contributed by atoms with Crippen LogP contribution in [0.4, 0.5) is 0 Å². The topological polar surface area (TPSA) is 102 Å². The molecule has 8 nitrogen and oxygen atoms in total. The smallest absolute Gasteiger partial charge is 0.333 e. The lowest BCUT2D eigenvalue weighted by atomic mass is 9.99. The van der Waals surface area contributed by atoms with Crippen molar-refractivity contribution < 1.29 is 28.1 Å². The van der Waals surface area contributed by atoms with E-state index in [0.29, 0.717) is 11.3 Å². The molecule has 1 aliphatic rings. The average Bonchev–Trinajstić information content (AvgIpc) is 2.62. The van der Waals surface area contributed by atoms with Gasteiger partial charge in [0.2, 0.25) is 16.8 Å². The number of carbonyl (C=O) groups is 3. The van der Waals surface area contributed by atoms with E-state index in [9.17, 15) is 18.6 Å². The number of ether oxygens (including phenoxy) is 2. The molecule has 1 N–H and O–H groups in total. The molecule has 3 unspecified atom stereocenters. The summed E-state index contributed by atoms with van der Waals surface area (Å²) in [6.45, 7) is 6.41. The number of β-lactam (4-membered cyclic amide) rings is 1. The molecule has 1 heterocycles. The molecule has 1 aromatic rings. The normalized spacial score (nSPS) is 20.6. The quantitative estimate of drug-likeness (QED) is 0.292. The molecule has 10 heteroatoms. The Hall–Kier alpha value is -2.39. The molecule has 0 radical (unpaired) electrons. The van der Waals surface area contributed by atoms with Crippen molar-refractivity contribution in [3.05, 3.63) is 42.0 Å². The number of carbonyl (C=O) groups excluding carboxylic acids is 3. The molecule has 152 valence electrons. The van der Waals surface area contributed by atoms with Crippen molar-refractivity contribution >= 4 is 38.5 Å². The fourth-order valence-corrected chi connectivity index (χ4v) is 4.20. The third-order valence-corrected chi connectivity index (χ3v) is 5.91. The van der Waals surface area contributed by atoms with Crippen LogP contribution in [0.5, 0.6) is 5.75 Å². The van der Waals surface area contributed by atoms with Crippen LogP contribution in [0.3, 0.4) is 0 Å². The number of likely N-dealkylation sites (tertiary alicyclic amines) is 1. The Morgan fingerprint density at radius 3 is 2.39 bits per heavy atom. The highest BCUT2D eigenvalue weighted by Crippen LogP contribution is 2.38. The predicted octanol–water partition coefficient (Wildman–Crippen LogP) is 1.61. The molecule has 0 aromatic heterocycles. The minimum Gasteiger partial charge on any atom is -0.497 e. The zero-order chi connectivity index (χ0) is 21.1. The maximum absolute atomic E-state index is 12.7. The number of esters is 1. The average molecular weight is 429 g/mol. The fourth-order valence-electron chi connectivity index (χ4n) is 2.87. The van der Waals surface area contributed by atoms with Gasteiger partial charge in [-0.15, -0.1) is 0 Å². The number of nitrogens with one attached hydrogen (secondary N) is 1. The summed E-state index contributed by atoms with van der Waals surface area (Å²) in [7, 11) is 5.14. The lowest BCUT2D eigenvalue weighted by molar-refractivity contribution is -0.169. The molecular weight excluding hydrogens is 408 g/mol. The van der Waals surface area contributed by atoms with Gasteiger partial charge < -0.3 is 14.8 Å². The van der Waals surface area contributed by atoms with Crippen LogP contribution in [0.15, 0.2) is 36.4 Å². The number of amides is 2. The number of nitrogens with zero attached hydrogens (tertiary/aromatic N) is 1. The lowest BCUT2D eigenvalue weighted by Gasteiger charge is -2.51. The standard InChI is InChI=1S/C18H21ClN2O6S/c1-11(2)16(17(24)27-10-13-5-7-14(26-4)8-6-13)21-15(23)9-18(21,28(19)25)20-12(3)22/h5-8,16H,1,9-10H2,2-4H3,(H,20,22). The van der Waals surface area contributed by atoms with Gasteiger partial charge in [-0.25, -0.2) is 9.00 Å². The summed E-state index contributed by atoms with van der Waals surface area (Å²) in [5.41, 5.74) is 0.989. The molecule has 0 spiro atoms. The molecule has 3 atom stereocenters. The minimum absolute atomic E-state index is 0.0499. The van der Waals surface area contributed by atoms with Gasteiger partial charge in [0.1, 0.15) is 12.4 Å². The Morgan fingerprint density at radius 1 is 1.36 bits per heavy atom. The predicted molar refractivity (Wildman–Crippen MR) is 103 cm³/mol. The summed E-state index contributed by atoms with van der Waals surface area (Å²) in [4.78, 5) is 35.8. The summed E-state index contributed by atoms with van der Waals surface area (Å²) in [5.74, 6) is -1.16. The molecule has 2 rings (SSSR count). The van der Waals surface area contributed by atoms with Gasteiger partial charge in [-0.3, -0.25) is 14.5 Å². The highest BCUT2D eigenvalue weighted by Gasteiger charge is 2.60. The molecule has 1 fully saturated rings. The van der Waals surface area contributed by atoms with E-state index in [-0.39, 0.29) is 18.6 Å². The van der Waals surface area contributed by atoms with Gasteiger partial charge >= 0.3 is 5.97 Å². The molecule has 0 bridgehead atoms. The number of methoxy groups -OCH3 is 1. The van der Waals surface area contributed by atoms with Crippen molar-refractivity contribution in [3.8, 4) is 5.75 Å². The van der Waals surface area contributed by atoms with E-state index in [2.05, 4.69) is 11.9 Å². The van der Waals surface area contributed by atoms with E-state index in [1.165, 1.54) is 13.8 Å². The highest BCUT2D eigenvalue weighted by atomic mass is 35.7. The van der Waals surface area contributed by atoms with Gasteiger partial charge in [0.15, 0.2) is 16.1 Å². The molecular formula is C18H21ClN2O6S. The second-order valence-corrected chi connectivity index (χ2v) is 8.30. The van der Waals surface area contributed by atoms with Crippen LogP contribution in [0, 0.1) is 0 Å². The number of halogens is 1. The lowest BCUT2D eigenvalue weighted by Crippen LogP contribution is -2.76.